The molecular formula is C32H42N4O4. The van der Waals surface area contributed by atoms with Crippen LogP contribution in [0.4, 0.5) is 5.69 Å². The van der Waals surface area contributed by atoms with Crippen molar-refractivity contribution in [2.24, 2.45) is 0 Å². The van der Waals surface area contributed by atoms with Gasteiger partial charge in [0.15, 0.2) is 0 Å². The average molecular weight is 547 g/mol. The Labute approximate surface area is 237 Å². The molecule has 0 fully saturated rings. The Morgan fingerprint density at radius 2 is 1.60 bits per heavy atom. The zero-order chi connectivity index (χ0) is 28.9. The van der Waals surface area contributed by atoms with Crippen molar-refractivity contribution in [3.63, 3.8) is 0 Å². The number of hydrogen-bond acceptors (Lipinski definition) is 6. The first-order chi connectivity index (χ1) is 19.3. The number of carbonyl (C=O) groups excluding carboxylic acids is 2. The molecule has 0 aliphatic heterocycles. The molecule has 8 heteroatoms. The Morgan fingerprint density at radius 1 is 0.925 bits per heavy atom. The van der Waals surface area contributed by atoms with Crippen molar-refractivity contribution in [3.8, 4) is 5.75 Å². The molecule has 8 nitrogen and oxygen atoms in total. The number of benzene rings is 3. The summed E-state index contributed by atoms with van der Waals surface area (Å²) in [4.78, 5) is 28.4. The van der Waals surface area contributed by atoms with Crippen molar-refractivity contribution in [1.82, 2.24) is 15.5 Å². The summed E-state index contributed by atoms with van der Waals surface area (Å²) >= 11 is 0. The fourth-order valence-electron chi connectivity index (χ4n) is 4.64. The highest BCUT2D eigenvalue weighted by Gasteiger charge is 2.24. The molecule has 2 atom stereocenters. The smallest absolute Gasteiger partial charge is 0.253 e. The molecule has 0 aromatic heterocycles. The molecular weight excluding hydrogens is 504 g/mol. The summed E-state index contributed by atoms with van der Waals surface area (Å²) in [6.45, 7) is 6.12. The topological polar surface area (TPSA) is 117 Å². The molecule has 40 heavy (non-hydrogen) atoms. The molecule has 0 aliphatic carbocycles. The zero-order valence-corrected chi connectivity index (χ0v) is 23.7. The maximum Gasteiger partial charge on any atom is 0.253 e. The average Bonchev–Trinajstić information content (AvgIpc) is 2.96. The minimum atomic E-state index is -0.874. The van der Waals surface area contributed by atoms with E-state index in [2.05, 4.69) is 10.6 Å². The number of rotatable bonds is 15. The number of hydrogen-bond donors (Lipinski definition) is 4. The number of methoxy groups -OCH3 is 1. The fourth-order valence-corrected chi connectivity index (χ4v) is 4.64. The van der Waals surface area contributed by atoms with Gasteiger partial charge in [-0.2, -0.15) is 0 Å². The van der Waals surface area contributed by atoms with Crippen LogP contribution in [0.3, 0.4) is 0 Å². The van der Waals surface area contributed by atoms with Crippen molar-refractivity contribution in [2.45, 2.75) is 51.8 Å². The predicted molar refractivity (Wildman–Crippen MR) is 159 cm³/mol. The number of nitrogens with two attached hydrogens (primary N) is 1. The number of nitrogens with zero attached hydrogens (tertiary/aromatic N) is 1. The van der Waals surface area contributed by atoms with Gasteiger partial charge in [0.05, 0.1) is 19.3 Å². The first kappa shape index (κ1) is 30.7. The van der Waals surface area contributed by atoms with E-state index in [-0.39, 0.29) is 18.0 Å². The van der Waals surface area contributed by atoms with Gasteiger partial charge >= 0.3 is 0 Å². The van der Waals surface area contributed by atoms with E-state index < -0.39 is 18.1 Å². The second-order valence-corrected chi connectivity index (χ2v) is 9.96. The summed E-state index contributed by atoms with van der Waals surface area (Å²) in [6, 6.07) is 21.6. The van der Waals surface area contributed by atoms with Gasteiger partial charge in [0.25, 0.3) is 11.8 Å². The molecule has 5 N–H and O–H groups in total. The van der Waals surface area contributed by atoms with Crippen LogP contribution in [0.15, 0.2) is 72.8 Å². The van der Waals surface area contributed by atoms with Crippen molar-refractivity contribution in [3.05, 3.63) is 95.1 Å². The zero-order valence-electron chi connectivity index (χ0n) is 23.7. The van der Waals surface area contributed by atoms with Crippen molar-refractivity contribution >= 4 is 17.5 Å². The number of ether oxygens (including phenoxy) is 1. The molecule has 0 radical (unpaired) electrons. The number of carbonyl (C=O) groups is 2. The maximum absolute atomic E-state index is 13.4. The van der Waals surface area contributed by atoms with Crippen molar-refractivity contribution < 1.29 is 19.4 Å². The third kappa shape index (κ3) is 9.10. The van der Waals surface area contributed by atoms with E-state index in [4.69, 9.17) is 10.5 Å². The fraction of sp³-hybridized carbons (Fsp3) is 0.375. The molecule has 0 heterocycles. The Bertz CT molecular complexity index is 1230. The lowest BCUT2D eigenvalue weighted by molar-refractivity contribution is 0.0755. The van der Waals surface area contributed by atoms with E-state index in [1.165, 1.54) is 0 Å². The highest BCUT2D eigenvalue weighted by Crippen LogP contribution is 2.17. The van der Waals surface area contributed by atoms with Crippen LogP contribution >= 0.6 is 0 Å². The lowest BCUT2D eigenvalue weighted by Crippen LogP contribution is -2.48. The first-order valence-electron chi connectivity index (χ1n) is 13.9. The highest BCUT2D eigenvalue weighted by atomic mass is 16.5. The summed E-state index contributed by atoms with van der Waals surface area (Å²) in [5, 5.41) is 17.4. The number of amides is 2. The number of anilines is 1. The minimum absolute atomic E-state index is 0.146. The van der Waals surface area contributed by atoms with E-state index in [1.807, 2.05) is 68.4 Å². The van der Waals surface area contributed by atoms with Crippen LogP contribution in [0.1, 0.15) is 58.5 Å². The molecule has 0 unspecified atom stereocenters. The standard InChI is InChI=1S/C32H42N4O4/c1-4-14-36(15-5-2)32(39)26-18-25(19-27(33)20-26)31(38)35-29(17-23-10-7-6-8-11-23)30(37)22-34-21-24-12-9-13-28(16-24)40-3/h6-13,16,18-20,29-30,34,37H,4-5,14-15,17,21-22,33H2,1-3H3,(H,35,38)/t29-,30+/m0/s1. The molecule has 0 saturated carbocycles. The largest absolute Gasteiger partial charge is 0.497 e. The third-order valence-corrected chi connectivity index (χ3v) is 6.63. The van der Waals surface area contributed by atoms with E-state index in [0.717, 1.165) is 29.7 Å². The Morgan fingerprint density at radius 3 is 2.27 bits per heavy atom. The van der Waals surface area contributed by atoms with E-state index in [1.54, 1.807) is 30.2 Å². The van der Waals surface area contributed by atoms with Gasteiger partial charge in [0, 0.05) is 43.0 Å². The first-order valence-corrected chi connectivity index (χ1v) is 13.9. The van der Waals surface area contributed by atoms with E-state index in [0.29, 0.717) is 37.3 Å². The lowest BCUT2D eigenvalue weighted by atomic mass is 10.00. The SMILES string of the molecule is CCCN(CCC)C(=O)c1cc(N)cc(C(=O)N[C@@H](Cc2ccccc2)[C@H](O)CNCc2cccc(OC)c2)c1. The second-order valence-electron chi connectivity index (χ2n) is 9.96. The Balaban J connectivity index is 1.75. The monoisotopic (exact) mass is 546 g/mol. The number of aliphatic hydroxyl groups excluding tert-OH is 1. The minimum Gasteiger partial charge on any atom is -0.497 e. The molecule has 3 rings (SSSR count). The predicted octanol–water partition coefficient (Wildman–Crippen LogP) is 4.03. The molecule has 0 spiro atoms. The van der Waals surface area contributed by atoms with Gasteiger partial charge in [-0.05, 0) is 60.7 Å². The summed E-state index contributed by atoms with van der Waals surface area (Å²) in [5.41, 5.74) is 9.13. The van der Waals surface area contributed by atoms with Gasteiger partial charge < -0.3 is 31.1 Å². The summed E-state index contributed by atoms with van der Waals surface area (Å²) in [6.07, 6.45) is 1.24. The summed E-state index contributed by atoms with van der Waals surface area (Å²) < 4.78 is 5.28. The van der Waals surface area contributed by atoms with Crippen LogP contribution in [0.5, 0.6) is 5.75 Å². The second kappa shape index (κ2) is 15.6. The Hall–Kier alpha value is -3.88. The number of nitrogen functional groups attached to an aromatic ring is 1. The van der Waals surface area contributed by atoms with Gasteiger partial charge in [-0.1, -0.05) is 56.3 Å². The van der Waals surface area contributed by atoms with Gasteiger partial charge in [-0.15, -0.1) is 0 Å². The van der Waals surface area contributed by atoms with Crippen LogP contribution in [-0.4, -0.2) is 60.7 Å². The molecule has 0 bridgehead atoms. The normalized spacial score (nSPS) is 12.4. The highest BCUT2D eigenvalue weighted by molar-refractivity contribution is 6.01. The summed E-state index contributed by atoms with van der Waals surface area (Å²) in [5.74, 6) is 0.223. The quantitative estimate of drug-likeness (QED) is 0.214. The maximum atomic E-state index is 13.4. The van der Waals surface area contributed by atoms with E-state index in [9.17, 15) is 14.7 Å². The summed E-state index contributed by atoms with van der Waals surface area (Å²) in [7, 11) is 1.62. The van der Waals surface area contributed by atoms with Crippen LogP contribution in [0.25, 0.3) is 0 Å². The lowest BCUT2D eigenvalue weighted by Gasteiger charge is -2.25. The molecule has 214 valence electrons. The van der Waals surface area contributed by atoms with Gasteiger partial charge in [0.2, 0.25) is 0 Å². The van der Waals surface area contributed by atoms with Crippen molar-refractivity contribution in [1.29, 1.82) is 0 Å². The van der Waals surface area contributed by atoms with Gasteiger partial charge in [-0.25, -0.2) is 0 Å². The van der Waals surface area contributed by atoms with E-state index >= 15 is 0 Å². The Kier molecular flexibility index (Phi) is 12.0. The molecule has 3 aromatic rings. The van der Waals surface area contributed by atoms with Crippen molar-refractivity contribution in [2.75, 3.05) is 32.5 Å². The van der Waals surface area contributed by atoms with Gasteiger partial charge in [-0.3, -0.25) is 9.59 Å². The molecule has 2 amide bonds. The van der Waals surface area contributed by atoms with Gasteiger partial charge in [0.1, 0.15) is 5.75 Å². The number of aliphatic hydroxyl groups is 1. The van der Waals surface area contributed by atoms with Crippen LogP contribution in [-0.2, 0) is 13.0 Å². The van der Waals surface area contributed by atoms with Crippen LogP contribution in [0.2, 0.25) is 0 Å². The molecule has 3 aromatic carbocycles. The van der Waals surface area contributed by atoms with Crippen LogP contribution < -0.4 is 21.1 Å². The third-order valence-electron chi connectivity index (χ3n) is 6.63. The van der Waals surface area contributed by atoms with Crippen LogP contribution in [0, 0.1) is 0 Å². The molecule has 0 aliphatic rings. The molecule has 0 saturated heterocycles. The number of nitrogens with one attached hydrogen (secondary N) is 2.